The molecule has 1 fully saturated rings. The zero-order valence-corrected chi connectivity index (χ0v) is 12.1. The van der Waals surface area contributed by atoms with Gasteiger partial charge in [-0.3, -0.25) is 4.79 Å². The highest BCUT2D eigenvalue weighted by atomic mass is 16.1. The van der Waals surface area contributed by atoms with E-state index in [2.05, 4.69) is 24.1 Å². The average Bonchev–Trinajstić information content (AvgIpc) is 2.90. The smallest absolute Gasteiger partial charge is 0.251 e. The lowest BCUT2D eigenvalue weighted by Gasteiger charge is -2.32. The van der Waals surface area contributed by atoms with Crippen molar-refractivity contribution < 1.29 is 4.79 Å². The molecule has 1 amide bonds. The third-order valence-electron chi connectivity index (χ3n) is 4.75. The zero-order chi connectivity index (χ0) is 14.1. The van der Waals surface area contributed by atoms with Gasteiger partial charge in [-0.25, -0.2) is 0 Å². The maximum Gasteiger partial charge on any atom is 0.251 e. The van der Waals surface area contributed by atoms with Crippen LogP contribution >= 0.6 is 0 Å². The first-order chi connectivity index (χ1) is 9.63. The molecule has 0 aliphatic heterocycles. The Hall–Kier alpha value is -1.77. The van der Waals surface area contributed by atoms with Gasteiger partial charge in [0.05, 0.1) is 0 Å². The fourth-order valence-corrected chi connectivity index (χ4v) is 3.14. The van der Waals surface area contributed by atoms with Gasteiger partial charge in [0, 0.05) is 28.7 Å². The number of rotatable bonds is 2. The zero-order valence-electron chi connectivity index (χ0n) is 12.1. The van der Waals surface area contributed by atoms with Gasteiger partial charge in [-0.1, -0.05) is 13.8 Å². The van der Waals surface area contributed by atoms with Gasteiger partial charge in [-0.05, 0) is 55.4 Å². The largest absolute Gasteiger partial charge is 0.361 e. The molecule has 0 spiro atoms. The van der Waals surface area contributed by atoms with Crippen molar-refractivity contribution in [3.63, 3.8) is 0 Å². The molecule has 106 valence electrons. The van der Waals surface area contributed by atoms with E-state index in [9.17, 15) is 4.79 Å². The monoisotopic (exact) mass is 270 g/mol. The molecular weight excluding hydrogens is 248 g/mol. The van der Waals surface area contributed by atoms with Crippen molar-refractivity contribution in [2.24, 2.45) is 11.8 Å². The van der Waals surface area contributed by atoms with E-state index in [-0.39, 0.29) is 5.91 Å². The summed E-state index contributed by atoms with van der Waals surface area (Å²) in [4.78, 5) is 15.5. The molecule has 3 unspecified atom stereocenters. The standard InChI is InChI=1S/C17H22N2O/c1-11-3-5-15(9-12(11)2)19-17(20)14-4-6-16-13(10-14)7-8-18-16/h4,6-8,10-12,15,18H,3,5,9H2,1-2H3,(H,19,20). The van der Waals surface area contributed by atoms with Crippen LogP contribution in [-0.2, 0) is 0 Å². The molecule has 1 heterocycles. The molecule has 3 atom stereocenters. The lowest BCUT2D eigenvalue weighted by Crippen LogP contribution is -2.39. The third-order valence-corrected chi connectivity index (χ3v) is 4.75. The second-order valence-corrected chi connectivity index (χ2v) is 6.22. The summed E-state index contributed by atoms with van der Waals surface area (Å²) < 4.78 is 0. The van der Waals surface area contributed by atoms with Crippen molar-refractivity contribution in [1.82, 2.24) is 10.3 Å². The molecule has 1 aromatic heterocycles. The van der Waals surface area contributed by atoms with Crippen molar-refractivity contribution in [2.45, 2.75) is 39.2 Å². The van der Waals surface area contributed by atoms with Crippen molar-refractivity contribution in [3.05, 3.63) is 36.0 Å². The van der Waals surface area contributed by atoms with Crippen LogP contribution < -0.4 is 5.32 Å². The Morgan fingerprint density at radius 2 is 2.05 bits per heavy atom. The first-order valence-electron chi connectivity index (χ1n) is 7.51. The molecule has 0 saturated heterocycles. The molecule has 1 saturated carbocycles. The molecule has 1 aliphatic carbocycles. The number of aromatic amines is 1. The minimum Gasteiger partial charge on any atom is -0.361 e. The second-order valence-electron chi connectivity index (χ2n) is 6.22. The molecule has 1 aliphatic rings. The number of hydrogen-bond donors (Lipinski definition) is 2. The number of hydrogen-bond acceptors (Lipinski definition) is 1. The van der Waals surface area contributed by atoms with E-state index in [4.69, 9.17) is 0 Å². The molecule has 0 bridgehead atoms. The number of aromatic nitrogens is 1. The van der Waals surface area contributed by atoms with E-state index in [0.717, 1.165) is 35.2 Å². The summed E-state index contributed by atoms with van der Waals surface area (Å²) in [6.07, 6.45) is 5.31. The van der Waals surface area contributed by atoms with Gasteiger partial charge >= 0.3 is 0 Å². The molecular formula is C17H22N2O. The molecule has 2 aromatic rings. The Bertz CT molecular complexity index is 616. The normalized spacial score (nSPS) is 26.6. The van der Waals surface area contributed by atoms with Crippen molar-refractivity contribution in [3.8, 4) is 0 Å². The van der Waals surface area contributed by atoms with Gasteiger partial charge in [0.2, 0.25) is 0 Å². The quantitative estimate of drug-likeness (QED) is 0.858. The number of H-pyrrole nitrogens is 1. The maximum absolute atomic E-state index is 12.3. The van der Waals surface area contributed by atoms with Gasteiger partial charge in [0.25, 0.3) is 5.91 Å². The van der Waals surface area contributed by atoms with Crippen LogP contribution in [0.4, 0.5) is 0 Å². The lowest BCUT2D eigenvalue weighted by atomic mass is 9.79. The third kappa shape index (κ3) is 2.58. The Labute approximate surface area is 119 Å². The highest BCUT2D eigenvalue weighted by molar-refractivity contribution is 5.98. The van der Waals surface area contributed by atoms with Crippen molar-refractivity contribution in [1.29, 1.82) is 0 Å². The van der Waals surface area contributed by atoms with E-state index >= 15 is 0 Å². The predicted octanol–water partition coefficient (Wildman–Crippen LogP) is 3.72. The number of amides is 1. The van der Waals surface area contributed by atoms with Crippen LogP contribution in [0, 0.1) is 11.8 Å². The van der Waals surface area contributed by atoms with Gasteiger partial charge in [0.15, 0.2) is 0 Å². The van der Waals surface area contributed by atoms with Crippen molar-refractivity contribution in [2.75, 3.05) is 0 Å². The molecule has 3 nitrogen and oxygen atoms in total. The highest BCUT2D eigenvalue weighted by Gasteiger charge is 2.25. The fourth-order valence-electron chi connectivity index (χ4n) is 3.14. The first kappa shape index (κ1) is 13.2. The summed E-state index contributed by atoms with van der Waals surface area (Å²) in [5.41, 5.74) is 1.82. The summed E-state index contributed by atoms with van der Waals surface area (Å²) >= 11 is 0. The van der Waals surface area contributed by atoms with E-state index in [0.29, 0.717) is 12.0 Å². The first-order valence-corrected chi connectivity index (χ1v) is 7.51. The van der Waals surface area contributed by atoms with Crippen LogP contribution in [0.1, 0.15) is 43.5 Å². The SMILES string of the molecule is CC1CCC(NC(=O)c2ccc3[nH]ccc3c2)CC1C. The van der Waals surface area contributed by atoms with Crippen LogP contribution in [0.5, 0.6) is 0 Å². The molecule has 2 N–H and O–H groups in total. The topological polar surface area (TPSA) is 44.9 Å². The summed E-state index contributed by atoms with van der Waals surface area (Å²) in [6.45, 7) is 4.59. The van der Waals surface area contributed by atoms with Gasteiger partial charge in [0.1, 0.15) is 0 Å². The van der Waals surface area contributed by atoms with E-state index < -0.39 is 0 Å². The van der Waals surface area contributed by atoms with Crippen LogP contribution in [-0.4, -0.2) is 16.9 Å². The lowest BCUT2D eigenvalue weighted by molar-refractivity contribution is 0.0910. The summed E-state index contributed by atoms with van der Waals surface area (Å²) in [6, 6.07) is 8.14. The summed E-state index contributed by atoms with van der Waals surface area (Å²) in [5, 5.41) is 4.28. The summed E-state index contributed by atoms with van der Waals surface area (Å²) in [7, 11) is 0. The number of carbonyl (C=O) groups excluding carboxylic acids is 1. The molecule has 3 heteroatoms. The Morgan fingerprint density at radius 3 is 2.85 bits per heavy atom. The van der Waals surface area contributed by atoms with E-state index in [1.54, 1.807) is 0 Å². The van der Waals surface area contributed by atoms with Gasteiger partial charge < -0.3 is 10.3 Å². The van der Waals surface area contributed by atoms with E-state index in [1.807, 2.05) is 30.5 Å². The van der Waals surface area contributed by atoms with Crippen LogP contribution in [0.25, 0.3) is 10.9 Å². The molecule has 1 aromatic carbocycles. The van der Waals surface area contributed by atoms with E-state index in [1.165, 1.54) is 6.42 Å². The van der Waals surface area contributed by atoms with Gasteiger partial charge in [-0.2, -0.15) is 0 Å². The molecule has 0 radical (unpaired) electrons. The molecule has 20 heavy (non-hydrogen) atoms. The Kier molecular flexibility index (Phi) is 3.51. The number of nitrogens with one attached hydrogen (secondary N) is 2. The van der Waals surface area contributed by atoms with Crippen molar-refractivity contribution >= 4 is 16.8 Å². The fraction of sp³-hybridized carbons (Fsp3) is 0.471. The van der Waals surface area contributed by atoms with Gasteiger partial charge in [-0.15, -0.1) is 0 Å². The number of benzene rings is 1. The molecule has 3 rings (SSSR count). The second kappa shape index (κ2) is 5.31. The summed E-state index contributed by atoms with van der Waals surface area (Å²) in [5.74, 6) is 1.53. The predicted molar refractivity (Wildman–Crippen MR) is 81.7 cm³/mol. The average molecular weight is 270 g/mol. The Morgan fingerprint density at radius 1 is 1.20 bits per heavy atom. The minimum atomic E-state index is 0.0554. The minimum absolute atomic E-state index is 0.0554. The Balaban J connectivity index is 1.69. The maximum atomic E-state index is 12.3. The number of fused-ring (bicyclic) bond motifs is 1. The van der Waals surface area contributed by atoms with Crippen LogP contribution in [0.15, 0.2) is 30.5 Å². The highest BCUT2D eigenvalue weighted by Crippen LogP contribution is 2.29. The van der Waals surface area contributed by atoms with Crippen LogP contribution in [0.2, 0.25) is 0 Å². The van der Waals surface area contributed by atoms with Crippen LogP contribution in [0.3, 0.4) is 0 Å². The number of carbonyl (C=O) groups is 1.